The van der Waals surface area contributed by atoms with E-state index in [1.165, 1.54) is 18.6 Å². The van der Waals surface area contributed by atoms with Crippen LogP contribution in [-0.2, 0) is 20.7 Å². The Hall–Kier alpha value is -2.39. The van der Waals surface area contributed by atoms with Gasteiger partial charge in [-0.2, -0.15) is 0 Å². The van der Waals surface area contributed by atoms with E-state index in [2.05, 4.69) is 0 Å². The molecule has 0 saturated heterocycles. The van der Waals surface area contributed by atoms with Crippen molar-refractivity contribution >= 4 is 29.4 Å². The zero-order valence-electron chi connectivity index (χ0n) is 13.5. The molecule has 0 radical (unpaired) electrons. The summed E-state index contributed by atoms with van der Waals surface area (Å²) in [6, 6.07) is 16.9. The molecule has 0 N–H and O–H groups in total. The summed E-state index contributed by atoms with van der Waals surface area (Å²) >= 11 is 5.92. The quantitative estimate of drug-likeness (QED) is 0.245. The number of hydrogen-bond acceptors (Lipinski definition) is 3. The first-order valence-electron chi connectivity index (χ1n) is 7.75. The minimum atomic E-state index is -0.601. The second kappa shape index (κ2) is 9.04. The van der Waals surface area contributed by atoms with E-state index in [-0.39, 0.29) is 18.0 Å². The number of carbonyl (C=O) groups is 2. The SMILES string of the molecule is CC(=O)C(=Cc1cccc(Cl)c1)C(=O)OCCCc1ccccc1. The van der Waals surface area contributed by atoms with Gasteiger partial charge in [-0.05, 0) is 49.1 Å². The molecule has 0 saturated carbocycles. The molecule has 0 aliphatic heterocycles. The Morgan fingerprint density at radius 2 is 1.83 bits per heavy atom. The Balaban J connectivity index is 1.93. The van der Waals surface area contributed by atoms with Crippen molar-refractivity contribution in [3.05, 3.63) is 76.3 Å². The number of ketones is 1. The molecule has 2 aromatic carbocycles. The Kier molecular flexibility index (Phi) is 6.76. The molecule has 0 aliphatic carbocycles. The molecule has 0 heterocycles. The van der Waals surface area contributed by atoms with Crippen molar-refractivity contribution in [2.45, 2.75) is 19.8 Å². The maximum Gasteiger partial charge on any atom is 0.341 e. The predicted octanol–water partition coefficient (Wildman–Crippen LogP) is 4.49. The van der Waals surface area contributed by atoms with Crippen molar-refractivity contribution in [2.75, 3.05) is 6.61 Å². The van der Waals surface area contributed by atoms with Crippen LogP contribution in [0.5, 0.6) is 0 Å². The van der Waals surface area contributed by atoms with Gasteiger partial charge in [0.15, 0.2) is 5.78 Å². The van der Waals surface area contributed by atoms with E-state index in [0.29, 0.717) is 17.0 Å². The van der Waals surface area contributed by atoms with Crippen molar-refractivity contribution in [1.29, 1.82) is 0 Å². The zero-order valence-corrected chi connectivity index (χ0v) is 14.3. The van der Waals surface area contributed by atoms with Gasteiger partial charge in [-0.1, -0.05) is 54.1 Å². The summed E-state index contributed by atoms with van der Waals surface area (Å²) in [5.41, 5.74) is 1.90. The lowest BCUT2D eigenvalue weighted by molar-refractivity contribution is -0.140. The Morgan fingerprint density at radius 1 is 1.08 bits per heavy atom. The molecular formula is C20H19ClO3. The Labute approximate surface area is 146 Å². The number of benzene rings is 2. The lowest BCUT2D eigenvalue weighted by Crippen LogP contribution is -2.14. The minimum Gasteiger partial charge on any atom is -0.462 e. The highest BCUT2D eigenvalue weighted by Crippen LogP contribution is 2.15. The summed E-state index contributed by atoms with van der Waals surface area (Å²) in [7, 11) is 0. The largest absolute Gasteiger partial charge is 0.462 e. The Morgan fingerprint density at radius 3 is 2.50 bits per heavy atom. The van der Waals surface area contributed by atoms with Crippen molar-refractivity contribution in [3.63, 3.8) is 0 Å². The van der Waals surface area contributed by atoms with Gasteiger partial charge in [0.25, 0.3) is 0 Å². The Bertz CT molecular complexity index is 736. The first-order valence-corrected chi connectivity index (χ1v) is 8.13. The third-order valence-electron chi connectivity index (χ3n) is 3.44. The first-order chi connectivity index (χ1) is 11.6. The van der Waals surface area contributed by atoms with Crippen LogP contribution < -0.4 is 0 Å². The molecule has 0 fully saturated rings. The summed E-state index contributed by atoms with van der Waals surface area (Å²) < 4.78 is 5.23. The standard InChI is InChI=1S/C20H19ClO3/c1-15(22)19(14-17-9-5-11-18(21)13-17)20(23)24-12-6-10-16-7-3-2-4-8-16/h2-5,7-9,11,13-14H,6,10,12H2,1H3. The van der Waals surface area contributed by atoms with E-state index < -0.39 is 5.97 Å². The molecule has 3 nitrogen and oxygen atoms in total. The third kappa shape index (κ3) is 5.67. The number of ether oxygens (including phenoxy) is 1. The second-order valence-corrected chi connectivity index (χ2v) is 5.83. The maximum atomic E-state index is 12.1. The molecule has 2 rings (SSSR count). The average Bonchev–Trinajstić information content (AvgIpc) is 2.57. The lowest BCUT2D eigenvalue weighted by atomic mass is 10.1. The normalized spacial score (nSPS) is 11.2. The number of esters is 1. The van der Waals surface area contributed by atoms with Crippen LogP contribution in [-0.4, -0.2) is 18.4 Å². The molecule has 0 unspecified atom stereocenters. The summed E-state index contributed by atoms with van der Waals surface area (Å²) in [5.74, 6) is -0.932. The highest BCUT2D eigenvalue weighted by Gasteiger charge is 2.16. The summed E-state index contributed by atoms with van der Waals surface area (Å²) in [6.07, 6.45) is 3.04. The second-order valence-electron chi connectivity index (χ2n) is 5.39. The highest BCUT2D eigenvalue weighted by atomic mass is 35.5. The van der Waals surface area contributed by atoms with Crippen LogP contribution in [0.15, 0.2) is 60.2 Å². The maximum absolute atomic E-state index is 12.1. The molecule has 24 heavy (non-hydrogen) atoms. The van der Waals surface area contributed by atoms with E-state index >= 15 is 0 Å². The monoisotopic (exact) mass is 342 g/mol. The number of halogens is 1. The summed E-state index contributed by atoms with van der Waals surface area (Å²) in [4.78, 5) is 23.9. The summed E-state index contributed by atoms with van der Waals surface area (Å²) in [5, 5.41) is 0.544. The highest BCUT2D eigenvalue weighted by molar-refractivity contribution is 6.30. The van der Waals surface area contributed by atoms with E-state index in [1.807, 2.05) is 30.3 Å². The predicted molar refractivity (Wildman–Crippen MR) is 95.8 cm³/mol. The number of carbonyl (C=O) groups excluding carboxylic acids is 2. The average molecular weight is 343 g/mol. The van der Waals surface area contributed by atoms with Gasteiger partial charge in [0.05, 0.1) is 6.61 Å². The van der Waals surface area contributed by atoms with Gasteiger partial charge in [0, 0.05) is 5.02 Å². The summed E-state index contributed by atoms with van der Waals surface area (Å²) in [6.45, 7) is 1.62. The van der Waals surface area contributed by atoms with Gasteiger partial charge in [0.2, 0.25) is 0 Å². The van der Waals surface area contributed by atoms with Gasteiger partial charge in [-0.25, -0.2) is 4.79 Å². The van der Waals surface area contributed by atoms with E-state index in [9.17, 15) is 9.59 Å². The van der Waals surface area contributed by atoms with Gasteiger partial charge in [-0.3, -0.25) is 4.79 Å². The number of rotatable bonds is 7. The fraction of sp³-hybridized carbons (Fsp3) is 0.200. The molecule has 2 aromatic rings. The smallest absolute Gasteiger partial charge is 0.341 e. The molecule has 0 spiro atoms. The number of aryl methyl sites for hydroxylation is 1. The first kappa shape index (κ1) is 18.0. The van der Waals surface area contributed by atoms with Gasteiger partial charge in [-0.15, -0.1) is 0 Å². The van der Waals surface area contributed by atoms with Crippen LogP contribution in [0, 0.1) is 0 Å². The van der Waals surface area contributed by atoms with Crippen LogP contribution in [0.25, 0.3) is 6.08 Å². The number of hydrogen-bond donors (Lipinski definition) is 0. The zero-order chi connectivity index (χ0) is 17.4. The third-order valence-corrected chi connectivity index (χ3v) is 3.68. The molecule has 4 heteroatoms. The van der Waals surface area contributed by atoms with Gasteiger partial charge < -0.3 is 4.74 Å². The van der Waals surface area contributed by atoms with Crippen molar-refractivity contribution in [2.24, 2.45) is 0 Å². The van der Waals surface area contributed by atoms with Crippen LogP contribution in [0.3, 0.4) is 0 Å². The van der Waals surface area contributed by atoms with E-state index in [1.54, 1.807) is 24.3 Å². The van der Waals surface area contributed by atoms with E-state index in [0.717, 1.165) is 6.42 Å². The minimum absolute atomic E-state index is 0.0250. The molecule has 0 aromatic heterocycles. The van der Waals surface area contributed by atoms with Crippen LogP contribution in [0.1, 0.15) is 24.5 Å². The molecule has 124 valence electrons. The molecule has 0 amide bonds. The van der Waals surface area contributed by atoms with Crippen LogP contribution in [0.2, 0.25) is 5.02 Å². The van der Waals surface area contributed by atoms with Crippen LogP contribution in [0.4, 0.5) is 0 Å². The van der Waals surface area contributed by atoms with Crippen molar-refractivity contribution in [3.8, 4) is 0 Å². The molecule has 0 aliphatic rings. The topological polar surface area (TPSA) is 43.4 Å². The fourth-order valence-corrected chi connectivity index (χ4v) is 2.43. The van der Waals surface area contributed by atoms with Gasteiger partial charge in [0.1, 0.15) is 5.57 Å². The molecular weight excluding hydrogens is 324 g/mol. The lowest BCUT2D eigenvalue weighted by Gasteiger charge is -2.07. The van der Waals surface area contributed by atoms with Gasteiger partial charge >= 0.3 is 5.97 Å². The molecule has 0 bridgehead atoms. The fourth-order valence-electron chi connectivity index (χ4n) is 2.23. The molecule has 0 atom stereocenters. The van der Waals surface area contributed by atoms with Crippen LogP contribution >= 0.6 is 11.6 Å². The van der Waals surface area contributed by atoms with Crippen molar-refractivity contribution < 1.29 is 14.3 Å². The van der Waals surface area contributed by atoms with Crippen molar-refractivity contribution in [1.82, 2.24) is 0 Å². The van der Waals surface area contributed by atoms with E-state index in [4.69, 9.17) is 16.3 Å². The number of Topliss-reactive ketones (excluding diaryl/α,β-unsaturated/α-hetero) is 1.